The largest absolute Gasteiger partial charge is 0.312 e. The zero-order valence-corrected chi connectivity index (χ0v) is 11.5. The van der Waals surface area contributed by atoms with Gasteiger partial charge < -0.3 is 4.57 Å². The minimum absolute atomic E-state index is 0.737. The van der Waals surface area contributed by atoms with E-state index in [0.717, 1.165) is 28.3 Å². The summed E-state index contributed by atoms with van der Waals surface area (Å²) >= 11 is 0. The van der Waals surface area contributed by atoms with Crippen molar-refractivity contribution in [3.05, 3.63) is 60.2 Å². The van der Waals surface area contributed by atoms with Crippen LogP contribution in [0.3, 0.4) is 0 Å². The van der Waals surface area contributed by atoms with Gasteiger partial charge in [-0.05, 0) is 24.6 Å². The molecular weight excluding hydrogens is 248 g/mol. The van der Waals surface area contributed by atoms with Gasteiger partial charge in [0.2, 0.25) is 5.95 Å². The molecule has 0 aliphatic heterocycles. The molecule has 0 fully saturated rings. The number of benzene rings is 2. The second-order valence-corrected chi connectivity index (χ2v) is 4.66. The molecule has 2 aromatic carbocycles. The molecule has 0 atom stereocenters. The third kappa shape index (κ3) is 2.28. The number of hydrazone groups is 1. The van der Waals surface area contributed by atoms with Crippen molar-refractivity contribution in [3.8, 4) is 0 Å². The maximum absolute atomic E-state index is 4.52. The molecule has 4 nitrogen and oxygen atoms in total. The average molecular weight is 264 g/mol. The summed E-state index contributed by atoms with van der Waals surface area (Å²) < 4.78 is 2.00. The maximum Gasteiger partial charge on any atom is 0.224 e. The molecule has 1 aromatic heterocycles. The van der Waals surface area contributed by atoms with Gasteiger partial charge in [0.15, 0.2) is 0 Å². The fourth-order valence-corrected chi connectivity index (χ4v) is 2.12. The Labute approximate surface area is 117 Å². The highest BCUT2D eigenvalue weighted by molar-refractivity contribution is 5.99. The second-order valence-electron chi connectivity index (χ2n) is 4.66. The number of hydrogen-bond acceptors (Lipinski definition) is 3. The van der Waals surface area contributed by atoms with Crippen LogP contribution in [0.5, 0.6) is 0 Å². The molecule has 0 unspecified atom stereocenters. The highest BCUT2D eigenvalue weighted by Crippen LogP contribution is 2.17. The SMILES string of the molecule is C/C(=N\Nc1nc2ccccc2n1C)c1ccccc1. The molecular formula is C16H16N4. The number of hydrogen-bond donors (Lipinski definition) is 1. The topological polar surface area (TPSA) is 42.2 Å². The molecule has 20 heavy (non-hydrogen) atoms. The minimum atomic E-state index is 0.737. The predicted octanol–water partition coefficient (Wildman–Crippen LogP) is 3.41. The van der Waals surface area contributed by atoms with Gasteiger partial charge >= 0.3 is 0 Å². The number of aryl methyl sites for hydroxylation is 1. The van der Waals surface area contributed by atoms with Gasteiger partial charge in [-0.1, -0.05) is 42.5 Å². The summed E-state index contributed by atoms with van der Waals surface area (Å²) in [6, 6.07) is 18.1. The monoisotopic (exact) mass is 264 g/mol. The van der Waals surface area contributed by atoms with Crippen molar-refractivity contribution in [1.29, 1.82) is 0 Å². The maximum atomic E-state index is 4.52. The first kappa shape index (κ1) is 12.4. The van der Waals surface area contributed by atoms with Crippen LogP contribution in [-0.2, 0) is 7.05 Å². The number of anilines is 1. The number of imidazole rings is 1. The molecule has 0 amide bonds. The van der Waals surface area contributed by atoms with Crippen LogP contribution in [-0.4, -0.2) is 15.3 Å². The Morgan fingerprint density at radius 3 is 2.50 bits per heavy atom. The van der Waals surface area contributed by atoms with Crippen LogP contribution < -0.4 is 5.43 Å². The third-order valence-corrected chi connectivity index (χ3v) is 3.30. The van der Waals surface area contributed by atoms with Crippen LogP contribution in [0.25, 0.3) is 11.0 Å². The molecule has 1 N–H and O–H groups in total. The van der Waals surface area contributed by atoms with Gasteiger partial charge in [-0.15, -0.1) is 0 Å². The van der Waals surface area contributed by atoms with E-state index in [4.69, 9.17) is 0 Å². The fraction of sp³-hybridized carbons (Fsp3) is 0.125. The van der Waals surface area contributed by atoms with Crippen molar-refractivity contribution >= 4 is 22.7 Å². The number of fused-ring (bicyclic) bond motifs is 1. The quantitative estimate of drug-likeness (QED) is 0.582. The zero-order chi connectivity index (χ0) is 13.9. The summed E-state index contributed by atoms with van der Waals surface area (Å²) in [5.41, 5.74) is 7.11. The lowest BCUT2D eigenvalue weighted by Gasteiger charge is -2.03. The summed E-state index contributed by atoms with van der Waals surface area (Å²) in [7, 11) is 1.98. The van der Waals surface area contributed by atoms with Crippen molar-refractivity contribution in [2.24, 2.45) is 12.1 Å². The van der Waals surface area contributed by atoms with Crippen LogP contribution in [0.1, 0.15) is 12.5 Å². The summed E-state index contributed by atoms with van der Waals surface area (Å²) in [4.78, 5) is 4.52. The van der Waals surface area contributed by atoms with E-state index >= 15 is 0 Å². The average Bonchev–Trinajstić information content (AvgIpc) is 2.83. The Balaban J connectivity index is 1.89. The second kappa shape index (κ2) is 5.17. The number of para-hydroxylation sites is 2. The van der Waals surface area contributed by atoms with Crippen molar-refractivity contribution in [2.75, 3.05) is 5.43 Å². The van der Waals surface area contributed by atoms with Crippen LogP contribution >= 0.6 is 0 Å². The number of aromatic nitrogens is 2. The highest BCUT2D eigenvalue weighted by atomic mass is 15.4. The van der Waals surface area contributed by atoms with Gasteiger partial charge in [0.25, 0.3) is 0 Å². The molecule has 0 bridgehead atoms. The van der Waals surface area contributed by atoms with Crippen LogP contribution in [0.15, 0.2) is 59.7 Å². The van der Waals surface area contributed by atoms with E-state index in [1.165, 1.54) is 0 Å². The lowest BCUT2D eigenvalue weighted by atomic mass is 10.1. The fourth-order valence-electron chi connectivity index (χ4n) is 2.12. The standard InChI is InChI=1S/C16H16N4/c1-12(13-8-4-3-5-9-13)18-19-16-17-14-10-6-7-11-15(14)20(16)2/h3-11H,1-2H3,(H,17,19)/b18-12+. The molecule has 0 saturated carbocycles. The first-order valence-corrected chi connectivity index (χ1v) is 6.53. The van der Waals surface area contributed by atoms with Crippen molar-refractivity contribution < 1.29 is 0 Å². The van der Waals surface area contributed by atoms with Crippen molar-refractivity contribution in [3.63, 3.8) is 0 Å². The Morgan fingerprint density at radius 2 is 1.75 bits per heavy atom. The van der Waals surface area contributed by atoms with E-state index in [9.17, 15) is 0 Å². The first-order chi connectivity index (χ1) is 9.75. The van der Waals surface area contributed by atoms with Gasteiger partial charge in [0, 0.05) is 7.05 Å². The number of rotatable bonds is 3. The third-order valence-electron chi connectivity index (χ3n) is 3.30. The highest BCUT2D eigenvalue weighted by Gasteiger charge is 2.05. The van der Waals surface area contributed by atoms with Gasteiger partial charge in [0.1, 0.15) is 0 Å². The van der Waals surface area contributed by atoms with Crippen LogP contribution in [0, 0.1) is 0 Å². The zero-order valence-electron chi connectivity index (χ0n) is 11.5. The Bertz CT molecular complexity index is 757. The summed E-state index contributed by atoms with van der Waals surface area (Å²) in [5, 5.41) is 4.40. The Kier molecular flexibility index (Phi) is 3.21. The Hall–Kier alpha value is -2.62. The van der Waals surface area contributed by atoms with E-state index in [2.05, 4.69) is 15.5 Å². The van der Waals surface area contributed by atoms with Crippen LogP contribution in [0.4, 0.5) is 5.95 Å². The minimum Gasteiger partial charge on any atom is -0.312 e. The normalized spacial score (nSPS) is 11.8. The molecule has 1 heterocycles. The molecule has 0 aliphatic carbocycles. The van der Waals surface area contributed by atoms with Crippen molar-refractivity contribution in [1.82, 2.24) is 9.55 Å². The molecule has 4 heteroatoms. The van der Waals surface area contributed by atoms with Gasteiger partial charge in [0.05, 0.1) is 16.7 Å². The Morgan fingerprint density at radius 1 is 1.05 bits per heavy atom. The van der Waals surface area contributed by atoms with Crippen LogP contribution in [0.2, 0.25) is 0 Å². The van der Waals surface area contributed by atoms with E-state index in [0.29, 0.717) is 0 Å². The molecule has 3 rings (SSSR count). The van der Waals surface area contributed by atoms with E-state index in [1.54, 1.807) is 0 Å². The molecule has 100 valence electrons. The smallest absolute Gasteiger partial charge is 0.224 e. The van der Waals surface area contributed by atoms with Gasteiger partial charge in [-0.2, -0.15) is 5.10 Å². The lowest BCUT2D eigenvalue weighted by molar-refractivity contribution is 0.942. The molecule has 0 saturated heterocycles. The van der Waals surface area contributed by atoms with Crippen molar-refractivity contribution in [2.45, 2.75) is 6.92 Å². The summed E-state index contributed by atoms with van der Waals surface area (Å²) in [6.07, 6.45) is 0. The number of nitrogens with one attached hydrogen (secondary N) is 1. The molecule has 0 radical (unpaired) electrons. The first-order valence-electron chi connectivity index (χ1n) is 6.53. The van der Waals surface area contributed by atoms with E-state index in [1.807, 2.05) is 73.1 Å². The van der Waals surface area contributed by atoms with Gasteiger partial charge in [-0.25, -0.2) is 10.4 Å². The molecule has 3 aromatic rings. The van der Waals surface area contributed by atoms with E-state index in [-0.39, 0.29) is 0 Å². The summed E-state index contributed by atoms with van der Waals surface area (Å²) in [5.74, 6) is 0.737. The van der Waals surface area contributed by atoms with E-state index < -0.39 is 0 Å². The molecule has 0 spiro atoms. The summed E-state index contributed by atoms with van der Waals surface area (Å²) in [6.45, 7) is 1.98. The predicted molar refractivity (Wildman–Crippen MR) is 83.0 cm³/mol. The molecule has 0 aliphatic rings. The van der Waals surface area contributed by atoms with Gasteiger partial charge in [-0.3, -0.25) is 0 Å². The lowest BCUT2D eigenvalue weighted by Crippen LogP contribution is -2.03. The number of nitrogens with zero attached hydrogens (tertiary/aromatic N) is 3.